The van der Waals surface area contributed by atoms with Gasteiger partial charge in [-0.25, -0.2) is 19.9 Å². The van der Waals surface area contributed by atoms with Crippen LogP contribution in [-0.4, -0.2) is 24.9 Å². The fourth-order valence-corrected chi connectivity index (χ4v) is 6.49. The molecule has 0 aliphatic heterocycles. The molecule has 0 saturated heterocycles. The van der Waals surface area contributed by atoms with Crippen molar-refractivity contribution in [2.24, 2.45) is 0 Å². The van der Waals surface area contributed by atoms with Crippen molar-refractivity contribution in [2.45, 2.75) is 0 Å². The molecule has 0 fully saturated rings. The molecule has 0 saturated carbocycles. The molecular formula is C44H26N6. The lowest BCUT2D eigenvalue weighted by molar-refractivity contribution is 1.07. The van der Waals surface area contributed by atoms with E-state index in [1.54, 1.807) is 6.07 Å². The Kier molecular flexibility index (Phi) is 7.07. The Morgan fingerprint density at radius 2 is 1.02 bits per heavy atom. The van der Waals surface area contributed by atoms with E-state index in [0.717, 1.165) is 71.7 Å². The second-order valence-corrected chi connectivity index (χ2v) is 12.1. The molecule has 0 unspecified atom stereocenters. The quantitative estimate of drug-likeness (QED) is 0.138. The van der Waals surface area contributed by atoms with Gasteiger partial charge in [0.25, 0.3) is 0 Å². The molecule has 0 spiro atoms. The van der Waals surface area contributed by atoms with Crippen molar-refractivity contribution in [2.75, 3.05) is 0 Å². The first-order chi connectivity index (χ1) is 24.7. The molecule has 50 heavy (non-hydrogen) atoms. The molecule has 0 atom stereocenters. The average molecular weight is 639 g/mol. The van der Waals surface area contributed by atoms with Crippen molar-refractivity contribution in [1.29, 1.82) is 5.26 Å². The van der Waals surface area contributed by atoms with Gasteiger partial charge in [0.2, 0.25) is 0 Å². The summed E-state index contributed by atoms with van der Waals surface area (Å²) in [6.07, 6.45) is 1.81. The molecule has 232 valence electrons. The summed E-state index contributed by atoms with van der Waals surface area (Å²) in [6.45, 7) is 0. The number of aromatic nitrogens is 5. The third-order valence-electron chi connectivity index (χ3n) is 8.92. The first-order valence-electron chi connectivity index (χ1n) is 16.3. The topological polar surface area (TPSA) is 88.2 Å². The number of nitrogens with zero attached hydrogens (tertiary/aromatic N) is 6. The normalized spacial score (nSPS) is 11.2. The SMILES string of the molecule is N#Cc1ccc2nc3c(cc(-c4cccc(-c5cccc(-c6nc(-c7ccccc7)nc(-c7ccccc7)n6)c5)c4)c4cccnc43)cc2c1. The van der Waals surface area contributed by atoms with Crippen LogP contribution >= 0.6 is 0 Å². The number of hydrogen-bond donors (Lipinski definition) is 0. The number of rotatable bonds is 5. The Labute approximate surface area is 288 Å². The molecule has 6 aromatic carbocycles. The lowest BCUT2D eigenvalue weighted by Gasteiger charge is -2.13. The Balaban J connectivity index is 1.16. The minimum Gasteiger partial charge on any atom is -0.254 e. The van der Waals surface area contributed by atoms with Gasteiger partial charge in [-0.05, 0) is 70.8 Å². The van der Waals surface area contributed by atoms with E-state index in [4.69, 9.17) is 24.9 Å². The summed E-state index contributed by atoms with van der Waals surface area (Å²) >= 11 is 0. The van der Waals surface area contributed by atoms with Gasteiger partial charge in [-0.15, -0.1) is 0 Å². The zero-order valence-electron chi connectivity index (χ0n) is 26.7. The van der Waals surface area contributed by atoms with Crippen molar-refractivity contribution < 1.29 is 0 Å². The zero-order valence-corrected chi connectivity index (χ0v) is 26.7. The van der Waals surface area contributed by atoms with E-state index in [-0.39, 0.29) is 0 Å². The van der Waals surface area contributed by atoms with Crippen LogP contribution in [0.25, 0.3) is 89.1 Å². The third kappa shape index (κ3) is 5.29. The Morgan fingerprint density at radius 1 is 0.420 bits per heavy atom. The van der Waals surface area contributed by atoms with Crippen LogP contribution in [-0.2, 0) is 0 Å². The molecule has 0 amide bonds. The van der Waals surface area contributed by atoms with Crippen LogP contribution in [0.3, 0.4) is 0 Å². The molecule has 6 heteroatoms. The highest BCUT2D eigenvalue weighted by Crippen LogP contribution is 2.37. The molecule has 0 radical (unpaired) electrons. The lowest BCUT2D eigenvalue weighted by atomic mass is 9.94. The molecule has 0 N–H and O–H groups in total. The number of hydrogen-bond acceptors (Lipinski definition) is 6. The summed E-state index contributed by atoms with van der Waals surface area (Å²) < 4.78 is 0. The van der Waals surface area contributed by atoms with Gasteiger partial charge in [0, 0.05) is 39.0 Å². The highest BCUT2D eigenvalue weighted by Gasteiger charge is 2.15. The van der Waals surface area contributed by atoms with Crippen molar-refractivity contribution in [3.05, 3.63) is 163 Å². The van der Waals surface area contributed by atoms with Gasteiger partial charge < -0.3 is 0 Å². The third-order valence-corrected chi connectivity index (χ3v) is 8.92. The van der Waals surface area contributed by atoms with Crippen LogP contribution in [0.4, 0.5) is 0 Å². The van der Waals surface area contributed by atoms with Gasteiger partial charge >= 0.3 is 0 Å². The predicted octanol–water partition coefficient (Wildman–Crippen LogP) is 10.3. The van der Waals surface area contributed by atoms with Gasteiger partial charge in [0.1, 0.15) is 0 Å². The highest BCUT2D eigenvalue weighted by atomic mass is 15.0. The largest absolute Gasteiger partial charge is 0.254 e. The van der Waals surface area contributed by atoms with E-state index in [1.807, 2.05) is 97.2 Å². The fourth-order valence-electron chi connectivity index (χ4n) is 6.49. The van der Waals surface area contributed by atoms with Crippen LogP contribution < -0.4 is 0 Å². The molecule has 0 aliphatic carbocycles. The predicted molar refractivity (Wildman–Crippen MR) is 200 cm³/mol. The van der Waals surface area contributed by atoms with Crippen LogP contribution in [0.2, 0.25) is 0 Å². The molecule has 3 heterocycles. The summed E-state index contributed by atoms with van der Waals surface area (Å²) in [7, 11) is 0. The van der Waals surface area contributed by atoms with Gasteiger partial charge in [0.05, 0.1) is 28.2 Å². The fraction of sp³-hybridized carbons (Fsp3) is 0. The Hall–Kier alpha value is -7.10. The molecule has 6 nitrogen and oxygen atoms in total. The van der Waals surface area contributed by atoms with Crippen molar-refractivity contribution in [1.82, 2.24) is 24.9 Å². The standard InChI is InChI=1S/C44H26N6/c45-27-28-19-20-39-35(22-28)25-36-26-38(37-18-9-21-46-41(37)40(36)47-39)33-16-7-14-31(23-33)32-15-8-17-34(24-32)44-49-42(29-10-3-1-4-11-29)48-43(50-44)30-12-5-2-6-13-30/h1-26H. The molecule has 9 rings (SSSR count). The van der Waals surface area contributed by atoms with Crippen LogP contribution in [0.1, 0.15) is 5.56 Å². The summed E-state index contributed by atoms with van der Waals surface area (Å²) in [6, 6.07) is 53.1. The van der Waals surface area contributed by atoms with Crippen LogP contribution in [0.5, 0.6) is 0 Å². The van der Waals surface area contributed by atoms with E-state index < -0.39 is 0 Å². The highest BCUT2D eigenvalue weighted by molar-refractivity contribution is 6.12. The van der Waals surface area contributed by atoms with E-state index >= 15 is 0 Å². The monoisotopic (exact) mass is 638 g/mol. The average Bonchev–Trinajstić information content (AvgIpc) is 3.20. The van der Waals surface area contributed by atoms with Gasteiger partial charge in [-0.2, -0.15) is 5.26 Å². The van der Waals surface area contributed by atoms with E-state index in [1.165, 1.54) is 0 Å². The summed E-state index contributed by atoms with van der Waals surface area (Å²) in [5, 5.41) is 12.4. The minimum absolute atomic E-state index is 0.609. The first-order valence-corrected chi connectivity index (χ1v) is 16.3. The Morgan fingerprint density at radius 3 is 1.70 bits per heavy atom. The number of nitriles is 1. The van der Waals surface area contributed by atoms with Crippen LogP contribution in [0.15, 0.2) is 158 Å². The second kappa shape index (κ2) is 12.2. The lowest BCUT2D eigenvalue weighted by Crippen LogP contribution is -2.00. The first kappa shape index (κ1) is 29.1. The minimum atomic E-state index is 0.609. The second-order valence-electron chi connectivity index (χ2n) is 12.1. The zero-order chi connectivity index (χ0) is 33.4. The maximum Gasteiger partial charge on any atom is 0.164 e. The van der Waals surface area contributed by atoms with E-state index in [2.05, 4.69) is 60.7 Å². The molecule has 0 bridgehead atoms. The van der Waals surface area contributed by atoms with E-state index in [9.17, 15) is 5.26 Å². The smallest absolute Gasteiger partial charge is 0.164 e. The van der Waals surface area contributed by atoms with Crippen molar-refractivity contribution in [3.63, 3.8) is 0 Å². The molecule has 3 aromatic heterocycles. The molecule has 0 aliphatic rings. The summed E-state index contributed by atoms with van der Waals surface area (Å²) in [5.41, 5.74) is 10.1. The van der Waals surface area contributed by atoms with Gasteiger partial charge in [-0.3, -0.25) is 4.98 Å². The summed E-state index contributed by atoms with van der Waals surface area (Å²) in [4.78, 5) is 24.5. The maximum absolute atomic E-state index is 9.48. The molecule has 9 aromatic rings. The number of benzene rings is 6. The van der Waals surface area contributed by atoms with Crippen molar-refractivity contribution >= 4 is 32.7 Å². The maximum atomic E-state index is 9.48. The Bertz CT molecular complexity index is 2710. The van der Waals surface area contributed by atoms with Gasteiger partial charge in [-0.1, -0.05) is 103 Å². The van der Waals surface area contributed by atoms with Crippen molar-refractivity contribution in [3.8, 4) is 62.5 Å². The van der Waals surface area contributed by atoms with Crippen LogP contribution in [0, 0.1) is 11.3 Å². The molecular weight excluding hydrogens is 613 g/mol. The summed E-state index contributed by atoms with van der Waals surface area (Å²) in [5.74, 6) is 1.87. The van der Waals surface area contributed by atoms with E-state index in [0.29, 0.717) is 23.0 Å². The number of fused-ring (bicyclic) bond motifs is 4. The number of pyridine rings is 2. The van der Waals surface area contributed by atoms with Gasteiger partial charge in [0.15, 0.2) is 17.5 Å².